The van der Waals surface area contributed by atoms with Crippen LogP contribution in [0.15, 0.2) is 77.9 Å². The highest BCUT2D eigenvalue weighted by Gasteiger charge is 2.10. The van der Waals surface area contributed by atoms with Crippen molar-refractivity contribution in [1.82, 2.24) is 14.9 Å². The Morgan fingerprint density at radius 3 is 2.41 bits per heavy atom. The van der Waals surface area contributed by atoms with Crippen molar-refractivity contribution in [2.45, 2.75) is 32.4 Å². The molecule has 0 spiro atoms. The third-order valence-corrected chi connectivity index (χ3v) is 4.38. The molecule has 1 aromatic heterocycles. The zero-order valence-electron chi connectivity index (χ0n) is 15.3. The third kappa shape index (κ3) is 5.38. The zero-order valence-corrected chi connectivity index (χ0v) is 15.3. The van der Waals surface area contributed by atoms with Gasteiger partial charge in [-0.2, -0.15) is 0 Å². The molecule has 3 aromatic rings. The molecule has 0 aliphatic heterocycles. The van der Waals surface area contributed by atoms with Crippen LogP contribution in [0.4, 0.5) is 0 Å². The Bertz CT molecular complexity index is 937. The standard InChI is InChI=1S/C22H23N3O2/c1-17(12-13-18-8-4-2-5-9-18)24-21(26)15-25-16-23-20(14-22(25)27)19-10-6-3-7-11-19/h2-11,14,16-17H,12-13,15H2,1H3,(H,24,26). The first-order valence-electron chi connectivity index (χ1n) is 9.07. The van der Waals surface area contributed by atoms with E-state index in [1.807, 2.05) is 55.5 Å². The molecule has 2 aromatic carbocycles. The summed E-state index contributed by atoms with van der Waals surface area (Å²) in [6.45, 7) is 1.94. The van der Waals surface area contributed by atoms with Crippen molar-refractivity contribution in [3.8, 4) is 11.3 Å². The van der Waals surface area contributed by atoms with Crippen LogP contribution in [0.25, 0.3) is 11.3 Å². The maximum atomic E-state index is 12.3. The Morgan fingerprint density at radius 1 is 1.07 bits per heavy atom. The van der Waals surface area contributed by atoms with Crippen molar-refractivity contribution in [1.29, 1.82) is 0 Å². The summed E-state index contributed by atoms with van der Waals surface area (Å²) in [7, 11) is 0. The fourth-order valence-corrected chi connectivity index (χ4v) is 2.89. The van der Waals surface area contributed by atoms with Gasteiger partial charge in [0.25, 0.3) is 5.56 Å². The minimum absolute atomic E-state index is 0.0312. The van der Waals surface area contributed by atoms with Crippen LogP contribution < -0.4 is 10.9 Å². The summed E-state index contributed by atoms with van der Waals surface area (Å²) < 4.78 is 1.33. The Balaban J connectivity index is 1.55. The van der Waals surface area contributed by atoms with E-state index in [2.05, 4.69) is 22.4 Å². The third-order valence-electron chi connectivity index (χ3n) is 4.38. The minimum atomic E-state index is -0.240. The number of aromatic nitrogens is 2. The van der Waals surface area contributed by atoms with Crippen LogP contribution >= 0.6 is 0 Å². The molecule has 1 unspecified atom stereocenters. The van der Waals surface area contributed by atoms with Crippen LogP contribution in [-0.2, 0) is 17.8 Å². The van der Waals surface area contributed by atoms with Gasteiger partial charge in [0.05, 0.1) is 12.0 Å². The maximum Gasteiger partial charge on any atom is 0.254 e. The van der Waals surface area contributed by atoms with Crippen molar-refractivity contribution < 1.29 is 4.79 Å². The first kappa shape index (κ1) is 18.6. The summed E-state index contributed by atoms with van der Waals surface area (Å²) in [6.07, 6.45) is 3.17. The van der Waals surface area contributed by atoms with E-state index in [1.165, 1.54) is 22.5 Å². The van der Waals surface area contributed by atoms with Gasteiger partial charge in [0, 0.05) is 17.7 Å². The number of rotatable bonds is 7. The van der Waals surface area contributed by atoms with Crippen LogP contribution in [0.3, 0.4) is 0 Å². The summed E-state index contributed by atoms with van der Waals surface area (Å²) in [5.41, 5.74) is 2.49. The summed E-state index contributed by atoms with van der Waals surface area (Å²) in [5.74, 6) is -0.188. The lowest BCUT2D eigenvalue weighted by Gasteiger charge is -2.14. The molecule has 0 fully saturated rings. The highest BCUT2D eigenvalue weighted by molar-refractivity contribution is 5.76. The Morgan fingerprint density at radius 2 is 1.74 bits per heavy atom. The maximum absolute atomic E-state index is 12.3. The van der Waals surface area contributed by atoms with E-state index in [0.717, 1.165) is 18.4 Å². The van der Waals surface area contributed by atoms with E-state index >= 15 is 0 Å². The number of hydrogen-bond acceptors (Lipinski definition) is 3. The monoisotopic (exact) mass is 361 g/mol. The molecular formula is C22H23N3O2. The van der Waals surface area contributed by atoms with E-state index in [-0.39, 0.29) is 24.1 Å². The summed E-state index contributed by atoms with van der Waals surface area (Å²) in [4.78, 5) is 28.8. The molecule has 0 aliphatic carbocycles. The van der Waals surface area contributed by atoms with Gasteiger partial charge in [-0.15, -0.1) is 0 Å². The SMILES string of the molecule is CC(CCc1ccccc1)NC(=O)Cn1cnc(-c2ccccc2)cc1=O. The zero-order chi connectivity index (χ0) is 19.1. The molecule has 0 bridgehead atoms. The van der Waals surface area contributed by atoms with Crippen LogP contribution in [0.2, 0.25) is 0 Å². The minimum Gasteiger partial charge on any atom is -0.352 e. The number of nitrogens with zero attached hydrogens (tertiary/aromatic N) is 2. The smallest absolute Gasteiger partial charge is 0.254 e. The Kier molecular flexibility index (Phi) is 6.15. The van der Waals surface area contributed by atoms with Crippen LogP contribution in [0.1, 0.15) is 18.9 Å². The first-order chi connectivity index (χ1) is 13.1. The molecule has 0 aliphatic rings. The molecule has 1 amide bonds. The molecule has 5 nitrogen and oxygen atoms in total. The van der Waals surface area contributed by atoms with E-state index in [4.69, 9.17) is 0 Å². The topological polar surface area (TPSA) is 64.0 Å². The van der Waals surface area contributed by atoms with Gasteiger partial charge in [0.1, 0.15) is 6.54 Å². The Hall–Kier alpha value is -3.21. The molecule has 1 heterocycles. The second kappa shape index (κ2) is 8.94. The van der Waals surface area contributed by atoms with Gasteiger partial charge >= 0.3 is 0 Å². The molecular weight excluding hydrogens is 338 g/mol. The van der Waals surface area contributed by atoms with Crippen LogP contribution in [0.5, 0.6) is 0 Å². The van der Waals surface area contributed by atoms with E-state index in [0.29, 0.717) is 5.69 Å². The summed E-state index contributed by atoms with van der Waals surface area (Å²) in [6, 6.07) is 21.2. The quantitative estimate of drug-likeness (QED) is 0.703. The first-order valence-corrected chi connectivity index (χ1v) is 9.07. The molecule has 138 valence electrons. The molecule has 1 N–H and O–H groups in total. The van der Waals surface area contributed by atoms with Crippen LogP contribution in [-0.4, -0.2) is 21.5 Å². The molecule has 1 atom stereocenters. The fraction of sp³-hybridized carbons (Fsp3) is 0.227. The largest absolute Gasteiger partial charge is 0.352 e. The molecule has 27 heavy (non-hydrogen) atoms. The second-order valence-corrected chi connectivity index (χ2v) is 6.60. The molecule has 0 radical (unpaired) electrons. The van der Waals surface area contributed by atoms with Gasteiger partial charge in [-0.25, -0.2) is 4.98 Å². The lowest BCUT2D eigenvalue weighted by atomic mass is 10.1. The van der Waals surface area contributed by atoms with Crippen molar-refractivity contribution in [3.05, 3.63) is 89.0 Å². The average molecular weight is 361 g/mol. The van der Waals surface area contributed by atoms with Crippen molar-refractivity contribution in [3.63, 3.8) is 0 Å². The second-order valence-electron chi connectivity index (χ2n) is 6.60. The van der Waals surface area contributed by atoms with Gasteiger partial charge in [0.2, 0.25) is 5.91 Å². The number of benzene rings is 2. The number of hydrogen-bond donors (Lipinski definition) is 1. The van der Waals surface area contributed by atoms with Gasteiger partial charge in [0.15, 0.2) is 0 Å². The molecule has 5 heteroatoms. The fourth-order valence-electron chi connectivity index (χ4n) is 2.89. The van der Waals surface area contributed by atoms with Crippen molar-refractivity contribution >= 4 is 5.91 Å². The number of carbonyl (C=O) groups excluding carboxylic acids is 1. The summed E-state index contributed by atoms with van der Waals surface area (Å²) >= 11 is 0. The van der Waals surface area contributed by atoms with Crippen LogP contribution in [0, 0.1) is 0 Å². The normalized spacial score (nSPS) is 11.7. The van der Waals surface area contributed by atoms with Gasteiger partial charge < -0.3 is 5.32 Å². The van der Waals surface area contributed by atoms with E-state index < -0.39 is 0 Å². The predicted molar refractivity (Wildman–Crippen MR) is 106 cm³/mol. The van der Waals surface area contributed by atoms with Crippen molar-refractivity contribution in [2.75, 3.05) is 0 Å². The van der Waals surface area contributed by atoms with Gasteiger partial charge in [-0.3, -0.25) is 14.2 Å². The highest BCUT2D eigenvalue weighted by Crippen LogP contribution is 2.13. The molecule has 3 rings (SSSR count). The van der Waals surface area contributed by atoms with Gasteiger partial charge in [-0.1, -0.05) is 60.7 Å². The number of nitrogens with one attached hydrogen (secondary N) is 1. The average Bonchev–Trinajstić information content (AvgIpc) is 2.69. The van der Waals surface area contributed by atoms with E-state index in [9.17, 15) is 9.59 Å². The highest BCUT2D eigenvalue weighted by atomic mass is 16.2. The van der Waals surface area contributed by atoms with E-state index in [1.54, 1.807) is 0 Å². The number of amides is 1. The lowest BCUT2D eigenvalue weighted by molar-refractivity contribution is -0.122. The predicted octanol–water partition coefficient (Wildman–Crippen LogP) is 3.05. The Labute approximate surface area is 158 Å². The lowest BCUT2D eigenvalue weighted by Crippen LogP contribution is -2.37. The summed E-state index contributed by atoms with van der Waals surface area (Å²) in [5, 5.41) is 2.95. The van der Waals surface area contributed by atoms with Crippen molar-refractivity contribution in [2.24, 2.45) is 0 Å². The number of carbonyl (C=O) groups is 1. The molecule has 0 saturated carbocycles. The van der Waals surface area contributed by atoms with Gasteiger partial charge in [-0.05, 0) is 25.3 Å². The number of aryl methyl sites for hydroxylation is 1. The molecule has 0 saturated heterocycles.